The van der Waals surface area contributed by atoms with E-state index in [1.54, 1.807) is 18.9 Å². The van der Waals surface area contributed by atoms with Crippen LogP contribution in [-0.4, -0.2) is 27.6 Å². The predicted octanol–water partition coefficient (Wildman–Crippen LogP) is 4.45. The lowest BCUT2D eigenvalue weighted by Crippen LogP contribution is -1.99. The Hall–Kier alpha value is -2.27. The van der Waals surface area contributed by atoms with Crippen LogP contribution in [0.1, 0.15) is 13.3 Å². The minimum absolute atomic E-state index is 0.813. The molecule has 0 atom stereocenters. The van der Waals surface area contributed by atoms with Gasteiger partial charge in [-0.3, -0.25) is 4.57 Å². The van der Waals surface area contributed by atoms with Crippen molar-refractivity contribution < 1.29 is 4.74 Å². The molecular formula is C18H19N3OS. The summed E-state index contributed by atoms with van der Waals surface area (Å²) in [6.45, 7) is 2.17. The number of aromatic nitrogens is 3. The smallest absolute Gasteiger partial charge is 0.196 e. The number of para-hydroxylation sites is 1. The van der Waals surface area contributed by atoms with E-state index in [0.29, 0.717) is 0 Å². The van der Waals surface area contributed by atoms with Crippen LogP contribution in [0.2, 0.25) is 0 Å². The van der Waals surface area contributed by atoms with Gasteiger partial charge in [0.05, 0.1) is 7.11 Å². The molecule has 0 N–H and O–H groups in total. The molecule has 4 nitrogen and oxygen atoms in total. The highest BCUT2D eigenvalue weighted by atomic mass is 32.2. The number of nitrogens with zero attached hydrogens (tertiary/aromatic N) is 3. The molecule has 5 heteroatoms. The highest BCUT2D eigenvalue weighted by molar-refractivity contribution is 7.99. The average molecular weight is 325 g/mol. The number of ether oxygens (including phenoxy) is 1. The molecule has 3 rings (SSSR count). The van der Waals surface area contributed by atoms with Gasteiger partial charge in [-0.1, -0.05) is 49.0 Å². The standard InChI is InChI=1S/C18H19N3OS/c1-3-12-23-18-20-19-17(14-8-7-11-16(13-14)22-2)21(18)15-9-5-4-6-10-15/h4-11,13H,3,12H2,1-2H3. The van der Waals surface area contributed by atoms with Crippen molar-refractivity contribution in [1.82, 2.24) is 14.8 Å². The monoisotopic (exact) mass is 325 g/mol. The Morgan fingerprint density at radius 2 is 1.87 bits per heavy atom. The van der Waals surface area contributed by atoms with Crippen LogP contribution in [-0.2, 0) is 0 Å². The van der Waals surface area contributed by atoms with Gasteiger partial charge in [0, 0.05) is 17.0 Å². The maximum absolute atomic E-state index is 5.33. The highest BCUT2D eigenvalue weighted by Crippen LogP contribution is 2.29. The Kier molecular flexibility index (Phi) is 4.98. The van der Waals surface area contributed by atoms with Gasteiger partial charge < -0.3 is 4.74 Å². The van der Waals surface area contributed by atoms with Crippen LogP contribution >= 0.6 is 11.8 Å². The van der Waals surface area contributed by atoms with Crippen LogP contribution in [0.25, 0.3) is 17.1 Å². The van der Waals surface area contributed by atoms with Gasteiger partial charge in [-0.05, 0) is 30.7 Å². The van der Waals surface area contributed by atoms with Crippen molar-refractivity contribution in [1.29, 1.82) is 0 Å². The summed E-state index contributed by atoms with van der Waals surface area (Å²) in [4.78, 5) is 0. The van der Waals surface area contributed by atoms with Crippen molar-refractivity contribution in [3.63, 3.8) is 0 Å². The van der Waals surface area contributed by atoms with Crippen molar-refractivity contribution in [3.05, 3.63) is 54.6 Å². The third-order valence-electron chi connectivity index (χ3n) is 3.41. The quantitative estimate of drug-likeness (QED) is 0.628. The zero-order valence-corrected chi connectivity index (χ0v) is 14.1. The second kappa shape index (κ2) is 7.33. The molecule has 0 unspecified atom stereocenters. The molecule has 0 bridgehead atoms. The van der Waals surface area contributed by atoms with Gasteiger partial charge in [0.2, 0.25) is 0 Å². The molecule has 0 aliphatic rings. The summed E-state index contributed by atoms with van der Waals surface area (Å²) in [6.07, 6.45) is 1.10. The Bertz CT molecular complexity index is 771. The molecule has 0 aliphatic carbocycles. The summed E-state index contributed by atoms with van der Waals surface area (Å²) in [5.74, 6) is 2.66. The predicted molar refractivity (Wildman–Crippen MR) is 94.4 cm³/mol. The molecular weight excluding hydrogens is 306 g/mol. The van der Waals surface area contributed by atoms with Crippen LogP contribution in [0.5, 0.6) is 5.75 Å². The first-order chi connectivity index (χ1) is 11.3. The Morgan fingerprint density at radius 1 is 1.04 bits per heavy atom. The molecule has 2 aromatic carbocycles. The zero-order valence-electron chi connectivity index (χ0n) is 13.3. The average Bonchev–Trinajstić information content (AvgIpc) is 3.04. The van der Waals surface area contributed by atoms with Crippen molar-refractivity contribution >= 4 is 11.8 Å². The molecule has 118 valence electrons. The third-order valence-corrected chi connectivity index (χ3v) is 4.55. The highest BCUT2D eigenvalue weighted by Gasteiger charge is 2.16. The summed E-state index contributed by atoms with van der Waals surface area (Å²) in [5.41, 5.74) is 2.05. The Balaban J connectivity index is 2.11. The van der Waals surface area contributed by atoms with Crippen molar-refractivity contribution in [2.45, 2.75) is 18.5 Å². The summed E-state index contributed by atoms with van der Waals surface area (Å²) in [7, 11) is 1.67. The molecule has 23 heavy (non-hydrogen) atoms. The van der Waals surface area contributed by atoms with Crippen molar-refractivity contribution in [2.75, 3.05) is 12.9 Å². The zero-order chi connectivity index (χ0) is 16.1. The first kappa shape index (κ1) is 15.6. The van der Waals surface area contributed by atoms with Gasteiger partial charge in [-0.15, -0.1) is 10.2 Å². The number of hydrogen-bond donors (Lipinski definition) is 0. The van der Waals surface area contributed by atoms with Gasteiger partial charge >= 0.3 is 0 Å². The first-order valence-corrected chi connectivity index (χ1v) is 8.60. The van der Waals surface area contributed by atoms with Crippen LogP contribution < -0.4 is 4.74 Å². The van der Waals surface area contributed by atoms with Gasteiger partial charge in [-0.2, -0.15) is 0 Å². The van der Waals surface area contributed by atoms with E-state index in [1.165, 1.54) is 0 Å². The molecule has 0 aliphatic heterocycles. The van der Waals surface area contributed by atoms with E-state index in [2.05, 4.69) is 33.8 Å². The van der Waals surface area contributed by atoms with E-state index in [4.69, 9.17) is 4.74 Å². The molecule has 0 saturated carbocycles. The Morgan fingerprint density at radius 3 is 2.61 bits per heavy atom. The first-order valence-electron chi connectivity index (χ1n) is 7.61. The Labute approximate surface area is 140 Å². The van der Waals surface area contributed by atoms with E-state index >= 15 is 0 Å². The maximum atomic E-state index is 5.33. The summed E-state index contributed by atoms with van der Waals surface area (Å²) < 4.78 is 7.44. The van der Waals surface area contributed by atoms with Crippen LogP contribution in [0, 0.1) is 0 Å². The number of benzene rings is 2. The SMILES string of the molecule is CCCSc1nnc(-c2cccc(OC)c2)n1-c1ccccc1. The molecule has 0 spiro atoms. The number of rotatable bonds is 6. The normalized spacial score (nSPS) is 10.7. The fraction of sp³-hybridized carbons (Fsp3) is 0.222. The second-order valence-corrected chi connectivity index (χ2v) is 6.12. The molecule has 0 radical (unpaired) electrons. The fourth-order valence-corrected chi connectivity index (χ4v) is 3.12. The lowest BCUT2D eigenvalue weighted by molar-refractivity contribution is 0.415. The molecule has 0 amide bonds. The van der Waals surface area contributed by atoms with E-state index in [-0.39, 0.29) is 0 Å². The molecule has 0 saturated heterocycles. The minimum Gasteiger partial charge on any atom is -0.497 e. The van der Waals surface area contributed by atoms with E-state index in [0.717, 1.165) is 40.2 Å². The van der Waals surface area contributed by atoms with E-state index < -0.39 is 0 Å². The number of methoxy groups -OCH3 is 1. The van der Waals surface area contributed by atoms with E-state index in [1.807, 2.05) is 42.5 Å². The van der Waals surface area contributed by atoms with E-state index in [9.17, 15) is 0 Å². The molecule has 1 aromatic heterocycles. The lowest BCUT2D eigenvalue weighted by atomic mass is 10.2. The van der Waals surface area contributed by atoms with Crippen LogP contribution in [0.15, 0.2) is 59.8 Å². The molecule has 0 fully saturated rings. The van der Waals surface area contributed by atoms with Crippen LogP contribution in [0.3, 0.4) is 0 Å². The maximum Gasteiger partial charge on any atom is 0.196 e. The second-order valence-electron chi connectivity index (χ2n) is 5.06. The molecule has 1 heterocycles. The van der Waals surface area contributed by atoms with Gasteiger partial charge in [0.25, 0.3) is 0 Å². The minimum atomic E-state index is 0.813. The summed E-state index contributed by atoms with van der Waals surface area (Å²) in [6, 6.07) is 18.1. The number of thioether (sulfide) groups is 1. The lowest BCUT2D eigenvalue weighted by Gasteiger charge is -2.10. The van der Waals surface area contributed by atoms with Crippen molar-refractivity contribution in [3.8, 4) is 22.8 Å². The van der Waals surface area contributed by atoms with Crippen molar-refractivity contribution in [2.24, 2.45) is 0 Å². The van der Waals surface area contributed by atoms with Gasteiger partial charge in [0.15, 0.2) is 11.0 Å². The largest absolute Gasteiger partial charge is 0.497 e. The van der Waals surface area contributed by atoms with Gasteiger partial charge in [-0.25, -0.2) is 0 Å². The summed E-state index contributed by atoms with van der Waals surface area (Å²) >= 11 is 1.73. The van der Waals surface area contributed by atoms with Gasteiger partial charge in [0.1, 0.15) is 5.75 Å². The summed E-state index contributed by atoms with van der Waals surface area (Å²) in [5, 5.41) is 9.74. The molecule has 3 aromatic rings. The van der Waals surface area contributed by atoms with Crippen LogP contribution in [0.4, 0.5) is 0 Å². The topological polar surface area (TPSA) is 39.9 Å². The fourth-order valence-electron chi connectivity index (χ4n) is 2.32. The third kappa shape index (κ3) is 3.40. The number of hydrogen-bond acceptors (Lipinski definition) is 4.